The molecule has 7 heteroatoms. The minimum Gasteiger partial charge on any atom is -0.491 e. The van der Waals surface area contributed by atoms with Gasteiger partial charge in [-0.3, -0.25) is 0 Å². The van der Waals surface area contributed by atoms with Gasteiger partial charge in [-0.05, 0) is 74.5 Å². The van der Waals surface area contributed by atoms with Gasteiger partial charge in [0.1, 0.15) is 11.9 Å². The second-order valence-corrected chi connectivity index (χ2v) is 10.2. The fourth-order valence-corrected chi connectivity index (χ4v) is 4.69. The van der Waals surface area contributed by atoms with Crippen molar-refractivity contribution in [2.45, 2.75) is 71.2 Å². The molecule has 1 aliphatic rings. The molecule has 1 saturated heterocycles. The number of amides is 2. The number of nitrogens with zero attached hydrogens (tertiary/aromatic N) is 1. The number of ether oxygens (including phenoxy) is 1. The average molecular weight is 502 g/mol. The van der Waals surface area contributed by atoms with Gasteiger partial charge in [-0.1, -0.05) is 55.6 Å². The van der Waals surface area contributed by atoms with Crippen LogP contribution >= 0.6 is 11.6 Å². The molecule has 1 aliphatic heterocycles. The van der Waals surface area contributed by atoms with E-state index in [-0.39, 0.29) is 12.1 Å². The van der Waals surface area contributed by atoms with Gasteiger partial charge in [0.2, 0.25) is 0 Å². The maximum atomic E-state index is 12.8. The van der Waals surface area contributed by atoms with Crippen molar-refractivity contribution in [3.05, 3.63) is 64.7 Å². The van der Waals surface area contributed by atoms with Gasteiger partial charge in [0.05, 0.1) is 12.1 Å². The molecule has 2 aromatic carbocycles. The molecule has 0 spiro atoms. The number of carbonyl (C=O) groups excluding carboxylic acids is 1. The SMILES string of the molecule is CCCCC1CCN(C[C@@H](NC(=O)NCc2ccc(Cl)cc2)[C@H](O)c2ccc(OC(C)C)cc2)C1. The van der Waals surface area contributed by atoms with Crippen molar-refractivity contribution >= 4 is 17.6 Å². The smallest absolute Gasteiger partial charge is 0.315 e. The first-order chi connectivity index (χ1) is 16.8. The highest BCUT2D eigenvalue weighted by Crippen LogP contribution is 2.25. The highest BCUT2D eigenvalue weighted by atomic mass is 35.5. The summed E-state index contributed by atoms with van der Waals surface area (Å²) in [6, 6.07) is 14.1. The molecule has 1 fully saturated rings. The Kier molecular flexibility index (Phi) is 10.7. The molecular formula is C28H40ClN3O3. The number of aliphatic hydroxyl groups excluding tert-OH is 1. The first kappa shape index (κ1) is 27.3. The Balaban J connectivity index is 1.64. The fourth-order valence-electron chi connectivity index (χ4n) is 4.56. The van der Waals surface area contributed by atoms with Crippen molar-refractivity contribution in [1.29, 1.82) is 0 Å². The van der Waals surface area contributed by atoms with Crippen molar-refractivity contribution in [3.63, 3.8) is 0 Å². The molecule has 6 nitrogen and oxygen atoms in total. The summed E-state index contributed by atoms with van der Waals surface area (Å²) >= 11 is 5.95. The van der Waals surface area contributed by atoms with E-state index in [1.807, 2.05) is 50.2 Å². The Hall–Kier alpha value is -2.28. The summed E-state index contributed by atoms with van der Waals surface area (Å²) in [5.74, 6) is 1.46. The van der Waals surface area contributed by atoms with Crippen LogP contribution in [0.1, 0.15) is 63.7 Å². The number of hydrogen-bond acceptors (Lipinski definition) is 4. The zero-order chi connectivity index (χ0) is 25.2. The molecule has 1 unspecified atom stereocenters. The lowest BCUT2D eigenvalue weighted by Crippen LogP contribution is -2.50. The summed E-state index contributed by atoms with van der Waals surface area (Å²) < 4.78 is 5.73. The number of carbonyl (C=O) groups is 1. The van der Waals surface area contributed by atoms with E-state index in [9.17, 15) is 9.90 Å². The molecule has 2 amide bonds. The lowest BCUT2D eigenvalue weighted by molar-refractivity contribution is 0.108. The van der Waals surface area contributed by atoms with Crippen molar-refractivity contribution in [2.24, 2.45) is 5.92 Å². The lowest BCUT2D eigenvalue weighted by Gasteiger charge is -2.29. The largest absolute Gasteiger partial charge is 0.491 e. The van der Waals surface area contributed by atoms with Gasteiger partial charge in [-0.25, -0.2) is 4.79 Å². The number of halogens is 1. The van der Waals surface area contributed by atoms with Gasteiger partial charge in [-0.2, -0.15) is 0 Å². The fraction of sp³-hybridized carbons (Fsp3) is 0.536. The van der Waals surface area contributed by atoms with Gasteiger partial charge >= 0.3 is 6.03 Å². The van der Waals surface area contributed by atoms with Crippen LogP contribution in [0.5, 0.6) is 5.75 Å². The second-order valence-electron chi connectivity index (χ2n) is 9.80. The Bertz CT molecular complexity index is 905. The summed E-state index contributed by atoms with van der Waals surface area (Å²) in [6.45, 7) is 9.18. The van der Waals surface area contributed by atoms with Crippen molar-refractivity contribution < 1.29 is 14.6 Å². The third kappa shape index (κ3) is 9.02. The molecule has 0 aliphatic carbocycles. The standard InChI is InChI=1S/C28H40ClN3O3/c1-4-5-6-22-15-16-32(18-22)19-26(27(33)23-9-13-25(14-10-23)35-20(2)3)31-28(34)30-17-21-7-11-24(29)12-8-21/h7-14,20,22,26-27,33H,4-6,15-19H2,1-3H3,(H2,30,31,34)/t22?,26-,27-/m1/s1. The zero-order valence-electron chi connectivity index (χ0n) is 21.2. The normalized spacial score (nSPS) is 17.8. The summed E-state index contributed by atoms with van der Waals surface area (Å²) in [6.07, 6.45) is 4.13. The summed E-state index contributed by atoms with van der Waals surface area (Å²) in [4.78, 5) is 15.2. The molecule has 2 aromatic rings. The van der Waals surface area contributed by atoms with Crippen molar-refractivity contribution in [2.75, 3.05) is 19.6 Å². The molecule has 192 valence electrons. The zero-order valence-corrected chi connectivity index (χ0v) is 21.9. The Morgan fingerprint density at radius 2 is 1.89 bits per heavy atom. The van der Waals surface area contributed by atoms with Gasteiger partial charge in [0.15, 0.2) is 0 Å². The maximum Gasteiger partial charge on any atom is 0.315 e. The first-order valence-corrected chi connectivity index (χ1v) is 13.2. The third-order valence-corrected chi connectivity index (χ3v) is 6.70. The maximum absolute atomic E-state index is 12.8. The number of urea groups is 1. The lowest BCUT2D eigenvalue weighted by atomic mass is 10.0. The van der Waals surface area contributed by atoms with Gasteiger partial charge in [0, 0.05) is 24.7 Å². The van der Waals surface area contributed by atoms with Crippen LogP contribution in [-0.2, 0) is 6.54 Å². The van der Waals surface area contributed by atoms with E-state index in [0.717, 1.165) is 30.0 Å². The van der Waals surface area contributed by atoms with Crippen molar-refractivity contribution in [3.8, 4) is 5.75 Å². The Morgan fingerprint density at radius 1 is 1.17 bits per heavy atom. The molecule has 0 aromatic heterocycles. The minimum absolute atomic E-state index is 0.0837. The molecule has 3 rings (SSSR count). The van der Waals surface area contributed by atoms with E-state index in [4.69, 9.17) is 16.3 Å². The molecule has 3 atom stereocenters. The topological polar surface area (TPSA) is 73.8 Å². The monoisotopic (exact) mass is 501 g/mol. The summed E-state index contributed by atoms with van der Waals surface area (Å²) in [7, 11) is 0. The first-order valence-electron chi connectivity index (χ1n) is 12.8. The van der Waals surface area contributed by atoms with Crippen LogP contribution in [-0.4, -0.2) is 47.8 Å². The van der Waals surface area contributed by atoms with E-state index < -0.39 is 12.1 Å². The molecular weight excluding hydrogens is 462 g/mol. The Morgan fingerprint density at radius 3 is 2.54 bits per heavy atom. The van der Waals surface area contributed by atoms with Gasteiger partial charge in [0.25, 0.3) is 0 Å². The number of likely N-dealkylation sites (tertiary alicyclic amines) is 1. The van der Waals surface area contributed by atoms with E-state index in [2.05, 4.69) is 22.5 Å². The predicted molar refractivity (Wildman–Crippen MR) is 142 cm³/mol. The number of rotatable bonds is 12. The summed E-state index contributed by atoms with van der Waals surface area (Å²) in [5, 5.41) is 17.9. The van der Waals surface area contributed by atoms with Gasteiger partial charge in [-0.15, -0.1) is 0 Å². The Labute approximate surface area is 215 Å². The van der Waals surface area contributed by atoms with Crippen LogP contribution in [0.25, 0.3) is 0 Å². The van der Waals surface area contributed by atoms with E-state index in [0.29, 0.717) is 24.0 Å². The van der Waals surface area contributed by atoms with Crippen LogP contribution in [0.2, 0.25) is 5.02 Å². The number of hydrogen-bond donors (Lipinski definition) is 3. The predicted octanol–water partition coefficient (Wildman–Crippen LogP) is 5.54. The molecule has 0 bridgehead atoms. The van der Waals surface area contributed by atoms with Crippen LogP contribution < -0.4 is 15.4 Å². The van der Waals surface area contributed by atoms with Crippen LogP contribution in [0, 0.1) is 5.92 Å². The minimum atomic E-state index is -0.834. The van der Waals surface area contributed by atoms with E-state index in [1.165, 1.54) is 25.7 Å². The number of benzene rings is 2. The summed E-state index contributed by atoms with van der Waals surface area (Å²) in [5.41, 5.74) is 1.71. The average Bonchev–Trinajstić information content (AvgIpc) is 3.29. The van der Waals surface area contributed by atoms with Crippen LogP contribution in [0.3, 0.4) is 0 Å². The number of aliphatic hydroxyl groups is 1. The van der Waals surface area contributed by atoms with E-state index >= 15 is 0 Å². The number of unbranched alkanes of at least 4 members (excludes halogenated alkanes) is 1. The number of nitrogens with one attached hydrogen (secondary N) is 2. The second kappa shape index (κ2) is 13.7. The molecule has 0 saturated carbocycles. The molecule has 3 N–H and O–H groups in total. The quantitative estimate of drug-likeness (QED) is 0.357. The van der Waals surface area contributed by atoms with Crippen LogP contribution in [0.15, 0.2) is 48.5 Å². The van der Waals surface area contributed by atoms with E-state index in [1.54, 1.807) is 12.1 Å². The van der Waals surface area contributed by atoms with Crippen LogP contribution in [0.4, 0.5) is 4.79 Å². The highest BCUT2D eigenvalue weighted by molar-refractivity contribution is 6.30. The molecule has 0 radical (unpaired) electrons. The molecule has 35 heavy (non-hydrogen) atoms. The molecule has 1 heterocycles. The van der Waals surface area contributed by atoms with Crippen molar-refractivity contribution in [1.82, 2.24) is 15.5 Å². The third-order valence-electron chi connectivity index (χ3n) is 6.45. The van der Waals surface area contributed by atoms with Gasteiger partial charge < -0.3 is 25.4 Å². The highest BCUT2D eigenvalue weighted by Gasteiger charge is 2.29.